The number of anilines is 1. The van der Waals surface area contributed by atoms with Crippen molar-refractivity contribution < 1.29 is 9.21 Å². The van der Waals surface area contributed by atoms with Crippen molar-refractivity contribution in [2.75, 3.05) is 25.5 Å². The van der Waals surface area contributed by atoms with E-state index in [2.05, 4.69) is 10.3 Å². The Morgan fingerprint density at radius 3 is 2.92 bits per heavy atom. The van der Waals surface area contributed by atoms with Crippen LogP contribution in [0.25, 0.3) is 11.1 Å². The van der Waals surface area contributed by atoms with E-state index in [9.17, 15) is 9.59 Å². The largest absolute Gasteiger partial charge is 0.419 e. The highest BCUT2D eigenvalue weighted by Gasteiger charge is 2.10. The number of benzene rings is 1. The number of carbonyl (C=O) groups is 1. The highest BCUT2D eigenvalue weighted by atomic mass is 16.4. The van der Waals surface area contributed by atoms with E-state index >= 15 is 0 Å². The Labute approximate surface area is 151 Å². The van der Waals surface area contributed by atoms with Crippen molar-refractivity contribution in [3.63, 3.8) is 0 Å². The third kappa shape index (κ3) is 4.37. The maximum absolute atomic E-state index is 12.1. The van der Waals surface area contributed by atoms with Crippen LogP contribution in [0.2, 0.25) is 0 Å². The topological polar surface area (TPSA) is 80.4 Å². The van der Waals surface area contributed by atoms with E-state index in [0.29, 0.717) is 24.5 Å². The number of nitrogens with one attached hydrogen (secondary N) is 1. The van der Waals surface area contributed by atoms with E-state index in [-0.39, 0.29) is 18.2 Å². The fourth-order valence-electron chi connectivity index (χ4n) is 2.84. The number of rotatable bonds is 7. The van der Waals surface area contributed by atoms with Crippen molar-refractivity contribution in [1.29, 1.82) is 0 Å². The van der Waals surface area contributed by atoms with E-state index in [0.717, 1.165) is 17.5 Å². The number of nitrogens with zero attached hydrogens (tertiary/aromatic N) is 3. The standard InChI is InChI=1S/C19H22N4O3/c1-14-8-9-20-17(12-14)21-18(24)13-22(2)10-5-11-23-15-6-3-4-7-16(15)26-19(23)25/h3-4,6-9,12H,5,10-11,13H2,1-2H3,(H,20,21,24). The lowest BCUT2D eigenvalue weighted by Gasteiger charge is -2.16. The zero-order valence-corrected chi connectivity index (χ0v) is 14.9. The fraction of sp³-hybridized carbons (Fsp3) is 0.316. The van der Waals surface area contributed by atoms with Crippen molar-refractivity contribution in [2.24, 2.45) is 0 Å². The zero-order valence-electron chi connectivity index (χ0n) is 14.9. The Kier molecular flexibility index (Phi) is 5.48. The molecule has 0 aliphatic carbocycles. The van der Waals surface area contributed by atoms with Crippen molar-refractivity contribution >= 4 is 22.8 Å². The summed E-state index contributed by atoms with van der Waals surface area (Å²) in [5.74, 6) is 0.0912. The Bertz CT molecular complexity index is 961. The van der Waals surface area contributed by atoms with Crippen LogP contribution in [0.1, 0.15) is 12.0 Å². The van der Waals surface area contributed by atoms with Gasteiger partial charge in [-0.3, -0.25) is 14.3 Å². The molecule has 136 valence electrons. The Hall–Kier alpha value is -2.93. The molecule has 2 heterocycles. The summed E-state index contributed by atoms with van der Waals surface area (Å²) in [6, 6.07) is 11.1. The van der Waals surface area contributed by atoms with Gasteiger partial charge in [0.2, 0.25) is 5.91 Å². The average Bonchev–Trinajstić information content (AvgIpc) is 2.90. The van der Waals surface area contributed by atoms with Crippen LogP contribution >= 0.6 is 0 Å². The number of oxazole rings is 1. The molecule has 0 radical (unpaired) electrons. The first-order valence-corrected chi connectivity index (χ1v) is 8.52. The summed E-state index contributed by atoms with van der Waals surface area (Å²) in [7, 11) is 1.87. The number of hydrogen-bond donors (Lipinski definition) is 1. The molecule has 2 aromatic heterocycles. The van der Waals surface area contributed by atoms with Gasteiger partial charge in [-0.2, -0.15) is 0 Å². The first kappa shape index (κ1) is 17.9. The van der Waals surface area contributed by atoms with Gasteiger partial charge in [0.1, 0.15) is 5.82 Å². The van der Waals surface area contributed by atoms with Crippen LogP contribution in [0.4, 0.5) is 5.82 Å². The maximum Gasteiger partial charge on any atom is 0.419 e. The van der Waals surface area contributed by atoms with Gasteiger partial charge >= 0.3 is 5.76 Å². The number of amides is 1. The van der Waals surface area contributed by atoms with Gasteiger partial charge in [-0.1, -0.05) is 12.1 Å². The number of fused-ring (bicyclic) bond motifs is 1. The number of hydrogen-bond acceptors (Lipinski definition) is 5. The molecule has 1 amide bonds. The second-order valence-electron chi connectivity index (χ2n) is 6.35. The van der Waals surface area contributed by atoms with Crippen molar-refractivity contribution in [2.45, 2.75) is 19.9 Å². The lowest BCUT2D eigenvalue weighted by atomic mass is 10.3. The van der Waals surface area contributed by atoms with E-state index in [4.69, 9.17) is 4.42 Å². The SMILES string of the molecule is Cc1ccnc(NC(=O)CN(C)CCCn2c(=O)oc3ccccc32)c1. The molecule has 0 aliphatic heterocycles. The molecule has 3 aromatic rings. The molecule has 0 spiro atoms. The van der Waals surface area contributed by atoms with Crippen LogP contribution < -0.4 is 11.1 Å². The first-order chi connectivity index (χ1) is 12.5. The van der Waals surface area contributed by atoms with Crippen LogP contribution in [0, 0.1) is 6.92 Å². The van der Waals surface area contributed by atoms with Gasteiger partial charge in [0.15, 0.2) is 5.58 Å². The number of aryl methyl sites for hydroxylation is 2. The lowest BCUT2D eigenvalue weighted by Crippen LogP contribution is -2.31. The second kappa shape index (κ2) is 7.97. The van der Waals surface area contributed by atoms with E-state index < -0.39 is 0 Å². The molecule has 0 unspecified atom stereocenters. The number of para-hydroxylation sites is 2. The summed E-state index contributed by atoms with van der Waals surface area (Å²) in [5.41, 5.74) is 2.43. The number of likely N-dealkylation sites (N-methyl/N-ethyl adjacent to an activating group) is 1. The van der Waals surface area contributed by atoms with Gasteiger partial charge in [0.05, 0.1) is 12.1 Å². The van der Waals surface area contributed by atoms with Crippen LogP contribution in [0.15, 0.2) is 51.8 Å². The van der Waals surface area contributed by atoms with Crippen LogP contribution in [0.3, 0.4) is 0 Å². The maximum atomic E-state index is 12.1. The van der Waals surface area contributed by atoms with E-state index in [1.165, 1.54) is 0 Å². The zero-order chi connectivity index (χ0) is 18.5. The smallest absolute Gasteiger partial charge is 0.408 e. The van der Waals surface area contributed by atoms with Crippen molar-refractivity contribution in [3.8, 4) is 0 Å². The number of aromatic nitrogens is 2. The van der Waals surface area contributed by atoms with E-state index in [1.54, 1.807) is 16.8 Å². The summed E-state index contributed by atoms with van der Waals surface area (Å²) in [4.78, 5) is 30.1. The predicted molar refractivity (Wildman–Crippen MR) is 100 cm³/mol. The normalized spacial score (nSPS) is 11.2. The Morgan fingerprint density at radius 2 is 2.12 bits per heavy atom. The lowest BCUT2D eigenvalue weighted by molar-refractivity contribution is -0.117. The molecule has 1 N–H and O–H groups in total. The molecule has 0 saturated carbocycles. The van der Waals surface area contributed by atoms with Crippen LogP contribution in [0.5, 0.6) is 0 Å². The highest BCUT2D eigenvalue weighted by molar-refractivity contribution is 5.91. The second-order valence-corrected chi connectivity index (χ2v) is 6.35. The monoisotopic (exact) mass is 354 g/mol. The van der Waals surface area contributed by atoms with Crippen LogP contribution in [-0.4, -0.2) is 40.5 Å². The third-order valence-electron chi connectivity index (χ3n) is 4.09. The first-order valence-electron chi connectivity index (χ1n) is 8.52. The average molecular weight is 354 g/mol. The fourth-order valence-corrected chi connectivity index (χ4v) is 2.84. The summed E-state index contributed by atoms with van der Waals surface area (Å²) in [6.45, 7) is 3.43. The molecule has 0 atom stereocenters. The van der Waals surface area contributed by atoms with Gasteiger partial charge < -0.3 is 9.73 Å². The Balaban J connectivity index is 1.49. The summed E-state index contributed by atoms with van der Waals surface area (Å²) < 4.78 is 6.84. The molecular formula is C19H22N4O3. The van der Waals surface area contributed by atoms with Crippen molar-refractivity contribution in [3.05, 3.63) is 58.7 Å². The molecule has 3 rings (SSSR count). The third-order valence-corrected chi connectivity index (χ3v) is 4.09. The summed E-state index contributed by atoms with van der Waals surface area (Å²) in [6.07, 6.45) is 2.40. The quantitative estimate of drug-likeness (QED) is 0.704. The molecule has 7 nitrogen and oxygen atoms in total. The molecule has 7 heteroatoms. The van der Waals surface area contributed by atoms with Gasteiger partial charge in [-0.05, 0) is 50.2 Å². The van der Waals surface area contributed by atoms with Crippen LogP contribution in [-0.2, 0) is 11.3 Å². The molecule has 0 bridgehead atoms. The molecule has 0 aliphatic rings. The summed E-state index contributed by atoms with van der Waals surface area (Å²) in [5, 5.41) is 2.79. The molecule has 26 heavy (non-hydrogen) atoms. The van der Waals surface area contributed by atoms with Gasteiger partial charge in [0.25, 0.3) is 0 Å². The minimum Gasteiger partial charge on any atom is -0.408 e. The minimum absolute atomic E-state index is 0.114. The predicted octanol–water partition coefficient (Wildman–Crippen LogP) is 2.26. The number of carbonyl (C=O) groups excluding carboxylic acids is 1. The molecule has 0 saturated heterocycles. The van der Waals surface area contributed by atoms with Gasteiger partial charge in [-0.15, -0.1) is 0 Å². The van der Waals surface area contributed by atoms with Crippen molar-refractivity contribution in [1.82, 2.24) is 14.5 Å². The highest BCUT2D eigenvalue weighted by Crippen LogP contribution is 2.12. The van der Waals surface area contributed by atoms with E-state index in [1.807, 2.05) is 49.2 Å². The minimum atomic E-state index is -0.350. The number of pyridine rings is 1. The Morgan fingerprint density at radius 1 is 1.31 bits per heavy atom. The molecule has 0 fully saturated rings. The van der Waals surface area contributed by atoms with Gasteiger partial charge in [0, 0.05) is 19.3 Å². The molecule has 1 aromatic carbocycles. The summed E-state index contributed by atoms with van der Waals surface area (Å²) >= 11 is 0. The molecular weight excluding hydrogens is 332 g/mol. The van der Waals surface area contributed by atoms with Gasteiger partial charge in [-0.25, -0.2) is 9.78 Å².